The number of hydrogen-bond acceptors (Lipinski definition) is 5. The largest absolute Gasteiger partial charge is 0.338 e. The van der Waals surface area contributed by atoms with Crippen molar-refractivity contribution in [3.63, 3.8) is 0 Å². The Balaban J connectivity index is 1.56. The Morgan fingerprint density at radius 1 is 1.36 bits per heavy atom. The maximum absolute atomic E-state index is 12.5. The minimum absolute atomic E-state index is 0.0245. The molecule has 0 radical (unpaired) electrons. The van der Waals surface area contributed by atoms with E-state index < -0.39 is 0 Å². The molecule has 1 unspecified atom stereocenters. The van der Waals surface area contributed by atoms with Gasteiger partial charge in [-0.15, -0.1) is 11.3 Å². The van der Waals surface area contributed by atoms with Gasteiger partial charge in [0.05, 0.1) is 11.6 Å². The van der Waals surface area contributed by atoms with Gasteiger partial charge in [-0.2, -0.15) is 0 Å². The fourth-order valence-corrected chi connectivity index (χ4v) is 3.58. The van der Waals surface area contributed by atoms with Crippen molar-refractivity contribution in [3.8, 4) is 0 Å². The van der Waals surface area contributed by atoms with E-state index in [1.54, 1.807) is 4.90 Å². The molecule has 25 heavy (non-hydrogen) atoms. The lowest BCUT2D eigenvalue weighted by Gasteiger charge is -2.16. The maximum atomic E-state index is 12.5. The summed E-state index contributed by atoms with van der Waals surface area (Å²) in [5.74, 6) is -0.427. The van der Waals surface area contributed by atoms with Crippen LogP contribution in [0, 0.1) is 5.92 Å². The van der Waals surface area contributed by atoms with E-state index in [9.17, 15) is 9.59 Å². The molecule has 0 aliphatic carbocycles. The van der Waals surface area contributed by atoms with Gasteiger partial charge in [0.2, 0.25) is 11.8 Å². The number of hydrogen-bond donors (Lipinski definition) is 1. The van der Waals surface area contributed by atoms with Crippen LogP contribution in [0.2, 0.25) is 0 Å². The minimum Gasteiger partial charge on any atom is -0.338 e. The molecule has 1 aliphatic rings. The Labute approximate surface area is 151 Å². The number of thiazole rings is 1. The zero-order valence-electron chi connectivity index (χ0n) is 14.4. The predicted octanol–water partition coefficient (Wildman–Crippen LogP) is 2.19. The number of rotatable bonds is 6. The monoisotopic (exact) mass is 358 g/mol. The van der Waals surface area contributed by atoms with E-state index in [1.807, 2.05) is 54.7 Å². The molecule has 1 saturated heterocycles. The molecule has 1 aromatic carbocycles. The van der Waals surface area contributed by atoms with Crippen LogP contribution in [0.3, 0.4) is 0 Å². The summed E-state index contributed by atoms with van der Waals surface area (Å²) in [4.78, 5) is 32.8. The van der Waals surface area contributed by atoms with Crippen LogP contribution in [-0.4, -0.2) is 47.2 Å². The molecule has 0 spiro atoms. The molecular weight excluding hydrogens is 336 g/mol. The number of nitrogens with one attached hydrogen (secondary N) is 1. The lowest BCUT2D eigenvalue weighted by Crippen LogP contribution is -2.28. The lowest BCUT2D eigenvalue weighted by atomic mass is 10.1. The second kappa shape index (κ2) is 7.76. The predicted molar refractivity (Wildman–Crippen MR) is 98.1 cm³/mol. The first-order valence-electron chi connectivity index (χ1n) is 8.23. The third kappa shape index (κ3) is 4.64. The highest BCUT2D eigenvalue weighted by atomic mass is 32.1. The Kier molecular flexibility index (Phi) is 5.45. The number of nitrogens with zero attached hydrogens (tertiary/aromatic N) is 3. The highest BCUT2D eigenvalue weighted by Crippen LogP contribution is 2.23. The first-order chi connectivity index (χ1) is 12.0. The van der Waals surface area contributed by atoms with Crippen LogP contribution in [0.1, 0.15) is 17.7 Å². The molecule has 1 aromatic heterocycles. The maximum Gasteiger partial charge on any atom is 0.231 e. The number of anilines is 1. The van der Waals surface area contributed by atoms with E-state index >= 15 is 0 Å². The highest BCUT2D eigenvalue weighted by molar-refractivity contribution is 7.13. The minimum atomic E-state index is -0.322. The zero-order valence-corrected chi connectivity index (χ0v) is 15.3. The number of aromatic nitrogens is 1. The van der Waals surface area contributed by atoms with Crippen molar-refractivity contribution in [1.29, 1.82) is 0 Å². The summed E-state index contributed by atoms with van der Waals surface area (Å²) >= 11 is 1.41. The SMILES string of the molecule is CN(C)Cc1csc(NC(=O)C2CC(=O)N(Cc3ccccc3)C2)n1. The lowest BCUT2D eigenvalue weighted by molar-refractivity contribution is -0.128. The number of carbonyl (C=O) groups is 2. The highest BCUT2D eigenvalue weighted by Gasteiger charge is 2.34. The topological polar surface area (TPSA) is 65.5 Å². The van der Waals surface area contributed by atoms with Gasteiger partial charge in [0.15, 0.2) is 5.13 Å². The first kappa shape index (κ1) is 17.6. The molecule has 0 bridgehead atoms. The van der Waals surface area contributed by atoms with Gasteiger partial charge in [0.1, 0.15) is 0 Å². The summed E-state index contributed by atoms with van der Waals surface area (Å²) < 4.78 is 0. The average Bonchev–Trinajstić information content (AvgIpc) is 3.15. The molecule has 2 heterocycles. The fourth-order valence-electron chi connectivity index (χ4n) is 2.87. The quantitative estimate of drug-likeness (QED) is 0.860. The van der Waals surface area contributed by atoms with Crippen LogP contribution >= 0.6 is 11.3 Å². The molecule has 1 fully saturated rings. The van der Waals surface area contributed by atoms with Gasteiger partial charge in [-0.1, -0.05) is 30.3 Å². The van der Waals surface area contributed by atoms with Crippen LogP contribution in [0.15, 0.2) is 35.7 Å². The van der Waals surface area contributed by atoms with E-state index in [0.29, 0.717) is 18.2 Å². The molecule has 1 atom stereocenters. The first-order valence-corrected chi connectivity index (χ1v) is 9.11. The molecule has 3 rings (SSSR count). The van der Waals surface area contributed by atoms with Gasteiger partial charge in [0.25, 0.3) is 0 Å². The van der Waals surface area contributed by atoms with Crippen molar-refractivity contribution in [3.05, 3.63) is 47.0 Å². The van der Waals surface area contributed by atoms with Crippen LogP contribution < -0.4 is 5.32 Å². The standard InChI is InChI=1S/C18H22N4O2S/c1-21(2)11-15-12-25-18(19-15)20-17(24)14-8-16(23)22(10-14)9-13-6-4-3-5-7-13/h3-7,12,14H,8-11H2,1-2H3,(H,19,20,24). The Morgan fingerprint density at radius 3 is 2.84 bits per heavy atom. The summed E-state index contributed by atoms with van der Waals surface area (Å²) in [6.07, 6.45) is 0.259. The molecule has 7 heteroatoms. The number of amides is 2. The molecule has 0 saturated carbocycles. The summed E-state index contributed by atoms with van der Waals surface area (Å²) in [7, 11) is 3.95. The van der Waals surface area contributed by atoms with Gasteiger partial charge in [-0.3, -0.25) is 9.59 Å². The van der Waals surface area contributed by atoms with Gasteiger partial charge in [0, 0.05) is 31.4 Å². The summed E-state index contributed by atoms with van der Waals surface area (Å²) in [6.45, 7) is 1.74. The summed E-state index contributed by atoms with van der Waals surface area (Å²) in [5, 5.41) is 5.39. The normalized spacial score (nSPS) is 17.3. The molecule has 2 amide bonds. The smallest absolute Gasteiger partial charge is 0.231 e. The Hall–Kier alpha value is -2.25. The van der Waals surface area contributed by atoms with E-state index in [2.05, 4.69) is 10.3 Å². The van der Waals surface area contributed by atoms with Crippen molar-refractivity contribution in [2.45, 2.75) is 19.5 Å². The summed E-state index contributed by atoms with van der Waals surface area (Å²) in [6, 6.07) is 9.83. The van der Waals surface area contributed by atoms with Gasteiger partial charge < -0.3 is 15.1 Å². The van der Waals surface area contributed by atoms with Crippen molar-refractivity contribution in [1.82, 2.24) is 14.8 Å². The average molecular weight is 358 g/mol. The Morgan fingerprint density at radius 2 is 2.12 bits per heavy atom. The second-order valence-corrected chi connectivity index (χ2v) is 7.39. The van der Waals surface area contributed by atoms with Crippen LogP contribution in [0.4, 0.5) is 5.13 Å². The molecule has 1 aliphatic heterocycles. The fraction of sp³-hybridized carbons (Fsp3) is 0.389. The van der Waals surface area contributed by atoms with Crippen molar-refractivity contribution >= 4 is 28.3 Å². The summed E-state index contributed by atoms with van der Waals surface area (Å²) in [5.41, 5.74) is 2.00. The van der Waals surface area contributed by atoms with Gasteiger partial charge >= 0.3 is 0 Å². The van der Waals surface area contributed by atoms with Gasteiger partial charge in [-0.25, -0.2) is 4.98 Å². The van der Waals surface area contributed by atoms with E-state index in [1.165, 1.54) is 11.3 Å². The number of carbonyl (C=O) groups excluding carboxylic acids is 2. The van der Waals surface area contributed by atoms with Crippen LogP contribution in [0.25, 0.3) is 0 Å². The van der Waals surface area contributed by atoms with Crippen molar-refractivity contribution in [2.24, 2.45) is 5.92 Å². The van der Waals surface area contributed by atoms with E-state index in [4.69, 9.17) is 0 Å². The number of likely N-dealkylation sites (tertiary alicyclic amines) is 1. The van der Waals surface area contributed by atoms with E-state index in [-0.39, 0.29) is 24.2 Å². The zero-order chi connectivity index (χ0) is 17.8. The Bertz CT molecular complexity index is 745. The number of benzene rings is 1. The molecule has 132 valence electrons. The van der Waals surface area contributed by atoms with Gasteiger partial charge in [-0.05, 0) is 19.7 Å². The third-order valence-corrected chi connectivity index (χ3v) is 4.87. The third-order valence-electron chi connectivity index (χ3n) is 4.06. The van der Waals surface area contributed by atoms with Crippen LogP contribution in [0.5, 0.6) is 0 Å². The molecule has 1 N–H and O–H groups in total. The van der Waals surface area contributed by atoms with Crippen LogP contribution in [-0.2, 0) is 22.7 Å². The van der Waals surface area contributed by atoms with E-state index in [0.717, 1.165) is 17.8 Å². The molecule has 2 aromatic rings. The van der Waals surface area contributed by atoms with Crippen molar-refractivity contribution < 1.29 is 9.59 Å². The van der Waals surface area contributed by atoms with Crippen molar-refractivity contribution in [2.75, 3.05) is 26.0 Å². The second-order valence-electron chi connectivity index (χ2n) is 6.53. The molecule has 6 nitrogen and oxygen atoms in total. The molecular formula is C18H22N4O2S.